The summed E-state index contributed by atoms with van der Waals surface area (Å²) in [6, 6.07) is 20.2. The second kappa shape index (κ2) is 13.3. The molecule has 2 amide bonds. The van der Waals surface area contributed by atoms with Gasteiger partial charge in [-0.1, -0.05) is 27.7 Å². The highest BCUT2D eigenvalue weighted by atomic mass is 79.9. The summed E-state index contributed by atoms with van der Waals surface area (Å²) in [5.41, 5.74) is 1.68. The number of anilines is 1. The lowest BCUT2D eigenvalue weighted by atomic mass is 10.2. The Morgan fingerprint density at radius 2 is 1.63 bits per heavy atom. The Kier molecular flexibility index (Phi) is 9.81. The predicted molar refractivity (Wildman–Crippen MR) is 160 cm³/mol. The second-order valence-electron chi connectivity index (χ2n) is 8.77. The third-order valence-corrected chi connectivity index (χ3v) is 9.08. The largest absolute Gasteiger partial charge is 0.497 e. The molecule has 4 aromatic rings. The number of nitrogens with zero attached hydrogens (tertiary/aromatic N) is 4. The van der Waals surface area contributed by atoms with E-state index >= 15 is 0 Å². The van der Waals surface area contributed by atoms with Gasteiger partial charge in [-0.15, -0.1) is 10.2 Å². The van der Waals surface area contributed by atoms with E-state index in [4.69, 9.17) is 4.74 Å². The van der Waals surface area contributed by atoms with Crippen molar-refractivity contribution < 1.29 is 22.7 Å². The van der Waals surface area contributed by atoms with E-state index in [-0.39, 0.29) is 23.1 Å². The molecule has 0 atom stereocenters. The highest BCUT2D eigenvalue weighted by molar-refractivity contribution is 9.10. The molecule has 11 nitrogen and oxygen atoms in total. The van der Waals surface area contributed by atoms with Gasteiger partial charge in [0.1, 0.15) is 5.75 Å². The molecule has 0 unspecified atom stereocenters. The van der Waals surface area contributed by atoms with Crippen molar-refractivity contribution in [3.05, 3.63) is 88.7 Å². The summed E-state index contributed by atoms with van der Waals surface area (Å²) in [5.74, 6) is 0.590. The van der Waals surface area contributed by atoms with Crippen LogP contribution in [-0.2, 0) is 21.4 Å². The number of carbonyl (C=O) groups excluding carboxylic acids is 2. The molecule has 3 aromatic carbocycles. The van der Waals surface area contributed by atoms with Gasteiger partial charge in [0.2, 0.25) is 15.9 Å². The van der Waals surface area contributed by atoms with Gasteiger partial charge >= 0.3 is 0 Å². The Morgan fingerprint density at radius 1 is 0.976 bits per heavy atom. The summed E-state index contributed by atoms with van der Waals surface area (Å²) in [4.78, 5) is 25.5. The van der Waals surface area contributed by atoms with E-state index < -0.39 is 15.9 Å². The van der Waals surface area contributed by atoms with Crippen molar-refractivity contribution in [2.75, 3.05) is 32.3 Å². The zero-order chi connectivity index (χ0) is 29.6. The topological polar surface area (TPSA) is 136 Å². The fourth-order valence-corrected chi connectivity index (χ4v) is 5.55. The van der Waals surface area contributed by atoms with Gasteiger partial charge in [0.05, 0.1) is 24.3 Å². The molecule has 1 aromatic heterocycles. The van der Waals surface area contributed by atoms with Gasteiger partial charge in [0.25, 0.3) is 5.91 Å². The third-order valence-electron chi connectivity index (χ3n) is 5.79. The van der Waals surface area contributed by atoms with Gasteiger partial charge in [0.15, 0.2) is 11.0 Å². The molecule has 41 heavy (non-hydrogen) atoms. The number of thioether (sulfide) groups is 1. The fourth-order valence-electron chi connectivity index (χ4n) is 3.61. The molecular weight excluding hydrogens is 632 g/mol. The molecule has 0 aliphatic heterocycles. The highest BCUT2D eigenvalue weighted by Crippen LogP contribution is 2.24. The summed E-state index contributed by atoms with van der Waals surface area (Å²) >= 11 is 4.64. The van der Waals surface area contributed by atoms with Crippen molar-refractivity contribution in [3.63, 3.8) is 0 Å². The number of nitrogens with one attached hydrogen (secondary N) is 2. The zero-order valence-corrected chi connectivity index (χ0v) is 25.6. The average molecular weight is 660 g/mol. The van der Waals surface area contributed by atoms with Gasteiger partial charge in [-0.3, -0.25) is 14.2 Å². The van der Waals surface area contributed by atoms with Crippen LogP contribution in [-0.4, -0.2) is 66.3 Å². The molecule has 0 aliphatic carbocycles. The van der Waals surface area contributed by atoms with Crippen LogP contribution in [0.2, 0.25) is 0 Å². The molecule has 14 heteroatoms. The van der Waals surface area contributed by atoms with Crippen LogP contribution in [0.3, 0.4) is 0 Å². The molecule has 0 spiro atoms. The summed E-state index contributed by atoms with van der Waals surface area (Å²) in [5, 5.41) is 14.6. The normalized spacial score (nSPS) is 11.3. The molecule has 4 rings (SSSR count). The van der Waals surface area contributed by atoms with Crippen LogP contribution < -0.4 is 15.4 Å². The zero-order valence-electron chi connectivity index (χ0n) is 22.4. The predicted octanol–water partition coefficient (Wildman–Crippen LogP) is 3.95. The van der Waals surface area contributed by atoms with Crippen LogP contribution in [0, 0.1) is 0 Å². The molecular formula is C27H27BrN6O5S2. The Morgan fingerprint density at radius 3 is 2.24 bits per heavy atom. The number of sulfonamides is 1. The van der Waals surface area contributed by atoms with Crippen LogP contribution in [0.5, 0.6) is 5.75 Å². The summed E-state index contributed by atoms with van der Waals surface area (Å²) in [6.45, 7) is 0.0399. The number of benzene rings is 3. The van der Waals surface area contributed by atoms with Crippen molar-refractivity contribution in [2.24, 2.45) is 0 Å². The van der Waals surface area contributed by atoms with Gasteiger partial charge in [-0.2, -0.15) is 0 Å². The number of hydrogen-bond donors (Lipinski definition) is 2. The Balaban J connectivity index is 1.47. The van der Waals surface area contributed by atoms with Crippen LogP contribution in [0.1, 0.15) is 16.2 Å². The van der Waals surface area contributed by atoms with E-state index in [0.717, 1.165) is 14.5 Å². The van der Waals surface area contributed by atoms with E-state index in [1.54, 1.807) is 35.9 Å². The fraction of sp³-hybridized carbons (Fsp3) is 0.185. The molecule has 0 fully saturated rings. The first kappa shape index (κ1) is 30.2. The van der Waals surface area contributed by atoms with Crippen molar-refractivity contribution in [3.8, 4) is 11.4 Å². The Bertz CT molecular complexity index is 1620. The first-order chi connectivity index (χ1) is 19.6. The summed E-state index contributed by atoms with van der Waals surface area (Å²) in [7, 11) is 0.854. The number of amides is 2. The third kappa shape index (κ3) is 7.52. The van der Waals surface area contributed by atoms with Crippen molar-refractivity contribution in [1.29, 1.82) is 0 Å². The van der Waals surface area contributed by atoms with Crippen molar-refractivity contribution in [2.45, 2.75) is 16.6 Å². The highest BCUT2D eigenvalue weighted by Gasteiger charge is 2.19. The minimum Gasteiger partial charge on any atom is -0.497 e. The lowest BCUT2D eigenvalue weighted by molar-refractivity contribution is -0.113. The van der Waals surface area contributed by atoms with Crippen LogP contribution in [0.4, 0.5) is 5.69 Å². The average Bonchev–Trinajstić information content (AvgIpc) is 3.38. The number of hydrogen-bond acceptors (Lipinski definition) is 8. The van der Waals surface area contributed by atoms with Crippen LogP contribution in [0.25, 0.3) is 5.69 Å². The summed E-state index contributed by atoms with van der Waals surface area (Å²) < 4.78 is 33.5. The van der Waals surface area contributed by atoms with Gasteiger partial charge in [0, 0.05) is 35.5 Å². The molecule has 0 saturated heterocycles. The quantitative estimate of drug-likeness (QED) is 0.231. The smallest absolute Gasteiger partial charge is 0.251 e. The lowest BCUT2D eigenvalue weighted by Gasteiger charge is -2.12. The number of aromatic nitrogens is 3. The van der Waals surface area contributed by atoms with E-state index in [0.29, 0.717) is 28.0 Å². The molecule has 2 N–H and O–H groups in total. The molecule has 0 bridgehead atoms. The molecule has 0 radical (unpaired) electrons. The van der Waals surface area contributed by atoms with Gasteiger partial charge < -0.3 is 15.4 Å². The van der Waals surface area contributed by atoms with Crippen molar-refractivity contribution >= 4 is 55.2 Å². The SMILES string of the molecule is COc1ccc(NC(=O)CSc2nnc(CNC(=O)c3ccc(S(=O)(=O)N(C)C)cc3)n2-c2ccc(Br)cc2)cc1. The molecule has 214 valence electrons. The van der Waals surface area contributed by atoms with Crippen LogP contribution >= 0.6 is 27.7 Å². The minimum atomic E-state index is -3.60. The maximum atomic E-state index is 12.8. The molecule has 1 heterocycles. The Labute approximate surface area is 250 Å². The standard InChI is InChI=1S/C27H27BrN6O5S2/c1-33(2)41(37,38)23-14-4-18(5-15-23)26(36)29-16-24-31-32-27(34(24)21-10-6-19(28)7-11-21)40-17-25(35)30-20-8-12-22(39-3)13-9-20/h4-15H,16-17H2,1-3H3,(H,29,36)(H,30,35). The minimum absolute atomic E-state index is 0.0399. The van der Waals surface area contributed by atoms with Gasteiger partial charge in [-0.25, -0.2) is 12.7 Å². The monoisotopic (exact) mass is 658 g/mol. The summed E-state index contributed by atoms with van der Waals surface area (Å²) in [6.07, 6.45) is 0. The second-order valence-corrected chi connectivity index (χ2v) is 12.8. The molecule has 0 aliphatic rings. The number of ether oxygens (including phenoxy) is 1. The van der Waals surface area contributed by atoms with E-state index in [1.165, 1.54) is 50.1 Å². The van der Waals surface area contributed by atoms with E-state index in [9.17, 15) is 18.0 Å². The number of rotatable bonds is 11. The number of carbonyl (C=O) groups is 2. The van der Waals surface area contributed by atoms with Gasteiger partial charge in [-0.05, 0) is 72.8 Å². The molecule has 0 saturated carbocycles. The Hall–Kier alpha value is -3.72. The van der Waals surface area contributed by atoms with E-state index in [2.05, 4.69) is 36.8 Å². The lowest BCUT2D eigenvalue weighted by Crippen LogP contribution is -2.25. The van der Waals surface area contributed by atoms with E-state index in [1.807, 2.05) is 24.3 Å². The van der Waals surface area contributed by atoms with Crippen LogP contribution in [0.15, 0.2) is 87.3 Å². The first-order valence-electron chi connectivity index (χ1n) is 12.2. The maximum absolute atomic E-state index is 12.8. The number of methoxy groups -OCH3 is 1. The number of halogens is 1. The van der Waals surface area contributed by atoms with Crippen molar-refractivity contribution in [1.82, 2.24) is 24.4 Å². The maximum Gasteiger partial charge on any atom is 0.251 e. The first-order valence-corrected chi connectivity index (χ1v) is 15.4.